The van der Waals surface area contributed by atoms with Gasteiger partial charge in [0.2, 0.25) is 0 Å². The van der Waals surface area contributed by atoms with Crippen molar-refractivity contribution in [2.75, 3.05) is 19.0 Å². The van der Waals surface area contributed by atoms with Crippen LogP contribution in [0, 0.1) is 0 Å². The molecule has 6 rings (SSSR count). The summed E-state index contributed by atoms with van der Waals surface area (Å²) in [5, 5.41) is 2.85. The highest BCUT2D eigenvalue weighted by Crippen LogP contribution is 2.41. The Hall–Kier alpha value is -4.92. The van der Waals surface area contributed by atoms with Crippen LogP contribution in [0.15, 0.2) is 97.1 Å². The number of hydrogen-bond acceptors (Lipinski definition) is 4. The van der Waals surface area contributed by atoms with E-state index >= 15 is 0 Å². The standard InChI is InChI=1S/C39H37F3N2O4/c1-44(30-18-19-30)37(47)33-23-26(24-35(45)48-25-38(21-7-8-22-38)28-9-3-2-4-10-28)13-20-34(33)43-36(46)32-12-6-5-11-31(32)27-14-16-29(17-15-27)39(40,41)42/h2-6,9-17,20,23,30H,7-8,18-19,21-22,24-25H2,1H3,(H,43,46). The second kappa shape index (κ2) is 13.7. The van der Waals surface area contributed by atoms with E-state index in [-0.39, 0.29) is 40.6 Å². The van der Waals surface area contributed by atoms with E-state index in [0.717, 1.165) is 50.7 Å². The molecule has 9 heteroatoms. The fraction of sp³-hybridized carbons (Fsp3) is 0.308. The van der Waals surface area contributed by atoms with Crippen LogP contribution in [0.25, 0.3) is 11.1 Å². The van der Waals surface area contributed by atoms with Crippen molar-refractivity contribution in [3.63, 3.8) is 0 Å². The first-order valence-electron chi connectivity index (χ1n) is 16.2. The van der Waals surface area contributed by atoms with Gasteiger partial charge in [-0.05, 0) is 78.3 Å². The quantitative estimate of drug-likeness (QED) is 0.174. The number of rotatable bonds is 10. The molecule has 0 atom stereocenters. The number of benzene rings is 4. The van der Waals surface area contributed by atoms with Crippen LogP contribution in [0.4, 0.5) is 18.9 Å². The maximum Gasteiger partial charge on any atom is 0.416 e. The van der Waals surface area contributed by atoms with Crippen molar-refractivity contribution in [2.45, 2.75) is 62.6 Å². The van der Waals surface area contributed by atoms with Gasteiger partial charge < -0.3 is 15.0 Å². The Labute approximate surface area is 277 Å². The zero-order valence-corrected chi connectivity index (χ0v) is 26.7. The number of halogens is 3. The number of nitrogens with zero attached hydrogens (tertiary/aromatic N) is 1. The van der Waals surface area contributed by atoms with Crippen LogP contribution < -0.4 is 5.32 Å². The zero-order chi connectivity index (χ0) is 33.9. The first-order chi connectivity index (χ1) is 23.0. The summed E-state index contributed by atoms with van der Waals surface area (Å²) in [6.07, 6.45) is 1.32. The van der Waals surface area contributed by atoms with Crippen LogP contribution in [-0.2, 0) is 27.5 Å². The lowest BCUT2D eigenvalue weighted by molar-refractivity contribution is -0.144. The molecule has 48 heavy (non-hydrogen) atoms. The fourth-order valence-electron chi connectivity index (χ4n) is 6.56. The number of anilines is 1. The van der Waals surface area contributed by atoms with Gasteiger partial charge in [-0.15, -0.1) is 0 Å². The lowest BCUT2D eigenvalue weighted by Gasteiger charge is -2.29. The number of esters is 1. The second-order valence-electron chi connectivity index (χ2n) is 12.8. The Bertz CT molecular complexity index is 1790. The highest BCUT2D eigenvalue weighted by atomic mass is 19.4. The molecule has 0 spiro atoms. The number of hydrogen-bond donors (Lipinski definition) is 1. The van der Waals surface area contributed by atoms with Crippen molar-refractivity contribution in [1.82, 2.24) is 4.90 Å². The average Bonchev–Trinajstić information content (AvgIpc) is 3.84. The van der Waals surface area contributed by atoms with Crippen LogP contribution in [0.5, 0.6) is 0 Å². The van der Waals surface area contributed by atoms with Crippen molar-refractivity contribution in [1.29, 1.82) is 0 Å². The van der Waals surface area contributed by atoms with E-state index in [0.29, 0.717) is 23.3 Å². The third-order valence-corrected chi connectivity index (χ3v) is 9.48. The second-order valence-corrected chi connectivity index (χ2v) is 12.8. The molecule has 4 aromatic carbocycles. The molecular weight excluding hydrogens is 617 g/mol. The van der Waals surface area contributed by atoms with E-state index in [9.17, 15) is 27.6 Å². The van der Waals surface area contributed by atoms with E-state index in [1.165, 1.54) is 17.7 Å². The summed E-state index contributed by atoms with van der Waals surface area (Å²) < 4.78 is 45.3. The van der Waals surface area contributed by atoms with E-state index in [2.05, 4.69) is 17.4 Å². The van der Waals surface area contributed by atoms with Crippen LogP contribution in [0.2, 0.25) is 0 Å². The van der Waals surface area contributed by atoms with Crippen LogP contribution in [0.1, 0.15) is 75.9 Å². The predicted molar refractivity (Wildman–Crippen MR) is 178 cm³/mol. The molecule has 1 N–H and O–H groups in total. The number of ether oxygens (including phenoxy) is 1. The van der Waals surface area contributed by atoms with Gasteiger partial charge in [0, 0.05) is 24.1 Å². The van der Waals surface area contributed by atoms with Gasteiger partial charge in [0.05, 0.1) is 23.2 Å². The van der Waals surface area contributed by atoms with Crippen LogP contribution >= 0.6 is 0 Å². The minimum absolute atomic E-state index is 0.0384. The summed E-state index contributed by atoms with van der Waals surface area (Å²) in [5.41, 5.74) is 2.41. The molecule has 2 saturated carbocycles. The molecule has 0 unspecified atom stereocenters. The van der Waals surface area contributed by atoms with Crippen LogP contribution in [-0.4, -0.2) is 42.4 Å². The molecule has 0 bridgehead atoms. The Morgan fingerprint density at radius 3 is 2.19 bits per heavy atom. The Morgan fingerprint density at radius 2 is 1.52 bits per heavy atom. The predicted octanol–water partition coefficient (Wildman–Crippen LogP) is 8.46. The monoisotopic (exact) mass is 654 g/mol. The van der Waals surface area contributed by atoms with E-state index in [4.69, 9.17) is 4.74 Å². The minimum Gasteiger partial charge on any atom is -0.464 e. The molecule has 0 heterocycles. The maximum absolute atomic E-state index is 13.7. The Kier molecular flexibility index (Phi) is 9.40. The lowest BCUT2D eigenvalue weighted by atomic mass is 9.80. The van der Waals surface area contributed by atoms with Crippen molar-refractivity contribution < 1.29 is 32.3 Å². The Balaban J connectivity index is 1.21. The molecule has 6 nitrogen and oxygen atoms in total. The van der Waals surface area contributed by atoms with E-state index in [1.807, 2.05) is 18.2 Å². The van der Waals surface area contributed by atoms with Gasteiger partial charge >= 0.3 is 12.1 Å². The van der Waals surface area contributed by atoms with Gasteiger partial charge in [0.15, 0.2) is 0 Å². The summed E-state index contributed by atoms with van der Waals surface area (Å²) in [7, 11) is 1.72. The third kappa shape index (κ3) is 7.30. The molecule has 0 aromatic heterocycles. The number of carbonyl (C=O) groups excluding carboxylic acids is 3. The Morgan fingerprint density at radius 1 is 0.854 bits per heavy atom. The van der Waals surface area contributed by atoms with E-state index in [1.54, 1.807) is 54.4 Å². The largest absolute Gasteiger partial charge is 0.464 e. The third-order valence-electron chi connectivity index (χ3n) is 9.48. The SMILES string of the molecule is CN(C(=O)c1cc(CC(=O)OCC2(c3ccccc3)CCCC2)ccc1NC(=O)c1ccccc1-c1ccc(C(F)(F)F)cc1)C1CC1. The molecule has 248 valence electrons. The summed E-state index contributed by atoms with van der Waals surface area (Å²) in [6.45, 7) is 0.290. The van der Waals surface area contributed by atoms with Gasteiger partial charge in [-0.3, -0.25) is 14.4 Å². The molecule has 0 saturated heterocycles. The lowest BCUT2D eigenvalue weighted by Crippen LogP contribution is -2.31. The molecule has 2 amide bonds. The molecule has 2 fully saturated rings. The smallest absolute Gasteiger partial charge is 0.416 e. The number of alkyl halides is 3. The minimum atomic E-state index is -4.48. The summed E-state index contributed by atoms with van der Waals surface area (Å²) >= 11 is 0. The number of amides is 2. The van der Waals surface area contributed by atoms with Crippen molar-refractivity contribution in [2.24, 2.45) is 0 Å². The molecule has 0 aliphatic heterocycles. The molecule has 4 aromatic rings. The average molecular weight is 655 g/mol. The summed E-state index contributed by atoms with van der Waals surface area (Å²) in [5.74, 6) is -1.20. The van der Waals surface area contributed by atoms with Gasteiger partial charge in [0.1, 0.15) is 6.61 Å². The van der Waals surface area contributed by atoms with Gasteiger partial charge in [0.25, 0.3) is 11.8 Å². The van der Waals surface area contributed by atoms with Crippen molar-refractivity contribution in [3.05, 3.63) is 125 Å². The van der Waals surface area contributed by atoms with Crippen LogP contribution in [0.3, 0.4) is 0 Å². The molecule has 2 aliphatic carbocycles. The summed E-state index contributed by atoms with van der Waals surface area (Å²) in [6, 6.07) is 26.4. The van der Waals surface area contributed by atoms with Gasteiger partial charge in [-0.2, -0.15) is 13.2 Å². The molecule has 0 radical (unpaired) electrons. The molecular formula is C39H37F3N2O4. The highest BCUT2D eigenvalue weighted by Gasteiger charge is 2.37. The maximum atomic E-state index is 13.7. The molecule has 2 aliphatic rings. The zero-order valence-electron chi connectivity index (χ0n) is 26.7. The van der Waals surface area contributed by atoms with E-state index < -0.39 is 23.6 Å². The first kappa shape index (κ1) is 33.0. The topological polar surface area (TPSA) is 75.7 Å². The van der Waals surface area contributed by atoms with Crippen molar-refractivity contribution in [3.8, 4) is 11.1 Å². The normalized spacial score (nSPS) is 15.5. The number of carbonyl (C=O) groups is 3. The van der Waals surface area contributed by atoms with Gasteiger partial charge in [-0.25, -0.2) is 0 Å². The first-order valence-corrected chi connectivity index (χ1v) is 16.2. The van der Waals surface area contributed by atoms with Crippen molar-refractivity contribution >= 4 is 23.5 Å². The highest BCUT2D eigenvalue weighted by molar-refractivity contribution is 6.12. The fourth-order valence-corrected chi connectivity index (χ4v) is 6.56. The summed E-state index contributed by atoms with van der Waals surface area (Å²) in [4.78, 5) is 42.1. The van der Waals surface area contributed by atoms with Gasteiger partial charge in [-0.1, -0.05) is 79.6 Å². The number of nitrogens with one attached hydrogen (secondary N) is 1.